The highest BCUT2D eigenvalue weighted by molar-refractivity contribution is 9.10. The third kappa shape index (κ3) is 4.31. The van der Waals surface area contributed by atoms with E-state index in [0.29, 0.717) is 11.0 Å². The predicted octanol–water partition coefficient (Wildman–Crippen LogP) is 2.19. The monoisotopic (exact) mass is 330 g/mol. The molecule has 0 bridgehead atoms. The average Bonchev–Trinajstić information content (AvgIpc) is 2.40. The fourth-order valence-corrected chi connectivity index (χ4v) is 2.02. The molecule has 6 heteroatoms. The van der Waals surface area contributed by atoms with E-state index in [0.717, 1.165) is 6.42 Å². The SMILES string of the molecule is CCCN(CC(=O)NC)C(=O)c1cc(F)ccc1Br. The summed E-state index contributed by atoms with van der Waals surface area (Å²) in [6.07, 6.45) is 0.718. The Kier molecular flexibility index (Phi) is 5.95. The molecule has 0 radical (unpaired) electrons. The second-order valence-electron chi connectivity index (χ2n) is 4.02. The van der Waals surface area contributed by atoms with Gasteiger partial charge in [-0.3, -0.25) is 9.59 Å². The Labute approximate surface area is 120 Å². The zero-order valence-corrected chi connectivity index (χ0v) is 12.5. The number of benzene rings is 1. The van der Waals surface area contributed by atoms with Crippen molar-refractivity contribution in [2.24, 2.45) is 0 Å². The summed E-state index contributed by atoms with van der Waals surface area (Å²) in [5.41, 5.74) is 0.220. The molecule has 1 aromatic carbocycles. The molecule has 0 unspecified atom stereocenters. The van der Waals surface area contributed by atoms with Crippen LogP contribution in [0.5, 0.6) is 0 Å². The minimum absolute atomic E-state index is 0.0356. The molecule has 104 valence electrons. The van der Waals surface area contributed by atoms with Crippen molar-refractivity contribution >= 4 is 27.7 Å². The highest BCUT2D eigenvalue weighted by Gasteiger charge is 2.20. The van der Waals surface area contributed by atoms with E-state index in [4.69, 9.17) is 0 Å². The zero-order chi connectivity index (χ0) is 14.4. The maximum Gasteiger partial charge on any atom is 0.255 e. The largest absolute Gasteiger partial charge is 0.358 e. The Morgan fingerprint density at radius 2 is 2.11 bits per heavy atom. The fourth-order valence-electron chi connectivity index (χ4n) is 1.61. The van der Waals surface area contributed by atoms with Crippen molar-refractivity contribution in [3.8, 4) is 0 Å². The first-order valence-corrected chi connectivity index (χ1v) is 6.73. The van der Waals surface area contributed by atoms with Gasteiger partial charge in [-0.05, 0) is 40.5 Å². The molecule has 4 nitrogen and oxygen atoms in total. The highest BCUT2D eigenvalue weighted by atomic mass is 79.9. The number of nitrogens with one attached hydrogen (secondary N) is 1. The summed E-state index contributed by atoms with van der Waals surface area (Å²) in [4.78, 5) is 25.1. The maximum atomic E-state index is 13.2. The topological polar surface area (TPSA) is 49.4 Å². The second-order valence-corrected chi connectivity index (χ2v) is 4.88. The molecule has 2 amide bonds. The van der Waals surface area contributed by atoms with E-state index in [9.17, 15) is 14.0 Å². The van der Waals surface area contributed by atoms with Gasteiger partial charge in [-0.15, -0.1) is 0 Å². The highest BCUT2D eigenvalue weighted by Crippen LogP contribution is 2.19. The van der Waals surface area contributed by atoms with Gasteiger partial charge in [0.25, 0.3) is 5.91 Å². The van der Waals surface area contributed by atoms with Crippen molar-refractivity contribution in [3.05, 3.63) is 34.1 Å². The number of hydrogen-bond acceptors (Lipinski definition) is 2. The molecule has 0 aliphatic rings. The summed E-state index contributed by atoms with van der Waals surface area (Å²) in [5.74, 6) is -1.10. The van der Waals surface area contributed by atoms with Crippen LogP contribution in [0, 0.1) is 5.82 Å². The zero-order valence-electron chi connectivity index (χ0n) is 10.9. The third-order valence-electron chi connectivity index (χ3n) is 2.55. The Balaban J connectivity index is 2.98. The summed E-state index contributed by atoms with van der Waals surface area (Å²) >= 11 is 3.22. The fraction of sp³-hybridized carbons (Fsp3) is 0.385. The van der Waals surface area contributed by atoms with Crippen molar-refractivity contribution in [3.63, 3.8) is 0 Å². The van der Waals surface area contributed by atoms with E-state index in [1.54, 1.807) is 0 Å². The van der Waals surface area contributed by atoms with Crippen molar-refractivity contribution < 1.29 is 14.0 Å². The van der Waals surface area contributed by atoms with Crippen LogP contribution < -0.4 is 5.32 Å². The summed E-state index contributed by atoms with van der Waals surface area (Å²) in [7, 11) is 1.51. The standard InChI is InChI=1S/C13H16BrFN2O2/c1-3-6-17(8-12(18)16-2)13(19)10-7-9(15)4-5-11(10)14/h4-5,7H,3,6,8H2,1-2H3,(H,16,18). The van der Waals surface area contributed by atoms with Gasteiger partial charge >= 0.3 is 0 Å². The van der Waals surface area contributed by atoms with Crippen LogP contribution in [0.1, 0.15) is 23.7 Å². The number of likely N-dealkylation sites (N-methyl/N-ethyl adjacent to an activating group) is 1. The van der Waals surface area contributed by atoms with Gasteiger partial charge < -0.3 is 10.2 Å². The molecular formula is C13H16BrFN2O2. The van der Waals surface area contributed by atoms with E-state index in [1.807, 2.05) is 6.92 Å². The number of carbonyl (C=O) groups excluding carboxylic acids is 2. The van der Waals surface area contributed by atoms with Crippen LogP contribution in [0.2, 0.25) is 0 Å². The van der Waals surface area contributed by atoms with Crippen LogP contribution in [0.15, 0.2) is 22.7 Å². The van der Waals surface area contributed by atoms with Crippen LogP contribution in [0.4, 0.5) is 4.39 Å². The normalized spacial score (nSPS) is 10.1. The Morgan fingerprint density at radius 1 is 1.42 bits per heavy atom. The number of rotatable bonds is 5. The van der Waals surface area contributed by atoms with Crippen molar-refractivity contribution in [1.82, 2.24) is 10.2 Å². The summed E-state index contributed by atoms with van der Waals surface area (Å²) in [6.45, 7) is 2.31. The molecule has 0 aliphatic heterocycles. The first-order valence-electron chi connectivity index (χ1n) is 5.94. The first kappa shape index (κ1) is 15.6. The number of amides is 2. The van der Waals surface area contributed by atoms with Crippen LogP contribution in [-0.4, -0.2) is 36.9 Å². The molecule has 1 rings (SSSR count). The van der Waals surface area contributed by atoms with Gasteiger partial charge in [0.05, 0.1) is 12.1 Å². The van der Waals surface area contributed by atoms with Gasteiger partial charge in [-0.2, -0.15) is 0 Å². The van der Waals surface area contributed by atoms with Gasteiger partial charge in [-0.25, -0.2) is 4.39 Å². The number of carbonyl (C=O) groups is 2. The minimum Gasteiger partial charge on any atom is -0.358 e. The number of hydrogen-bond donors (Lipinski definition) is 1. The molecule has 0 aromatic heterocycles. The molecule has 19 heavy (non-hydrogen) atoms. The van der Waals surface area contributed by atoms with E-state index < -0.39 is 5.82 Å². The molecular weight excluding hydrogens is 315 g/mol. The van der Waals surface area contributed by atoms with E-state index in [1.165, 1.54) is 30.1 Å². The van der Waals surface area contributed by atoms with Crippen molar-refractivity contribution in [2.75, 3.05) is 20.1 Å². The van der Waals surface area contributed by atoms with Crippen molar-refractivity contribution in [2.45, 2.75) is 13.3 Å². The van der Waals surface area contributed by atoms with Gasteiger partial charge in [0.2, 0.25) is 5.91 Å². The molecule has 1 aromatic rings. The van der Waals surface area contributed by atoms with E-state index >= 15 is 0 Å². The Bertz CT molecular complexity index is 480. The van der Waals surface area contributed by atoms with Gasteiger partial charge in [0.1, 0.15) is 5.82 Å². The lowest BCUT2D eigenvalue weighted by Crippen LogP contribution is -2.40. The number of halogens is 2. The van der Waals surface area contributed by atoms with E-state index in [2.05, 4.69) is 21.2 Å². The predicted molar refractivity (Wildman–Crippen MR) is 74.4 cm³/mol. The Morgan fingerprint density at radius 3 is 2.68 bits per heavy atom. The number of nitrogens with zero attached hydrogens (tertiary/aromatic N) is 1. The van der Waals surface area contributed by atoms with Crippen LogP contribution >= 0.6 is 15.9 Å². The summed E-state index contributed by atoms with van der Waals surface area (Å²) in [6, 6.07) is 3.91. The molecule has 0 aliphatic carbocycles. The van der Waals surface area contributed by atoms with Gasteiger partial charge in [0, 0.05) is 18.1 Å². The maximum absolute atomic E-state index is 13.2. The van der Waals surface area contributed by atoms with Crippen molar-refractivity contribution in [1.29, 1.82) is 0 Å². The molecule has 0 saturated heterocycles. The summed E-state index contributed by atoms with van der Waals surface area (Å²) < 4.78 is 13.7. The summed E-state index contributed by atoms with van der Waals surface area (Å²) in [5, 5.41) is 2.47. The molecule has 0 heterocycles. The van der Waals surface area contributed by atoms with Gasteiger partial charge in [0.15, 0.2) is 0 Å². The third-order valence-corrected chi connectivity index (χ3v) is 3.24. The molecule has 0 fully saturated rings. The second kappa shape index (κ2) is 7.23. The van der Waals surface area contributed by atoms with E-state index in [-0.39, 0.29) is 23.9 Å². The lowest BCUT2D eigenvalue weighted by atomic mass is 10.2. The molecule has 1 N–H and O–H groups in total. The molecule has 0 atom stereocenters. The van der Waals surface area contributed by atoms with Crippen LogP contribution in [0.3, 0.4) is 0 Å². The first-order chi connectivity index (χ1) is 8.99. The smallest absolute Gasteiger partial charge is 0.255 e. The lowest BCUT2D eigenvalue weighted by Gasteiger charge is -2.21. The van der Waals surface area contributed by atoms with Gasteiger partial charge in [-0.1, -0.05) is 6.92 Å². The van der Waals surface area contributed by atoms with Crippen LogP contribution in [-0.2, 0) is 4.79 Å². The minimum atomic E-state index is -0.483. The Hall–Kier alpha value is -1.43. The molecule has 0 saturated carbocycles. The average molecular weight is 331 g/mol. The van der Waals surface area contributed by atoms with Crippen LogP contribution in [0.25, 0.3) is 0 Å². The lowest BCUT2D eigenvalue weighted by molar-refractivity contribution is -0.121. The molecule has 0 spiro atoms. The quantitative estimate of drug-likeness (QED) is 0.899.